The number of hydrogen-bond donors (Lipinski definition) is 0. The molecule has 3 nitrogen and oxygen atoms in total. The van der Waals surface area contributed by atoms with E-state index < -0.39 is 11.7 Å². The summed E-state index contributed by atoms with van der Waals surface area (Å²) in [6.07, 6.45) is -2.74. The number of rotatable bonds is 3. The summed E-state index contributed by atoms with van der Waals surface area (Å²) in [6.45, 7) is 0. The highest BCUT2D eigenvalue weighted by Gasteiger charge is 2.30. The lowest BCUT2D eigenvalue weighted by atomic mass is 10.1. The van der Waals surface area contributed by atoms with Gasteiger partial charge in [0.05, 0.1) is 30.3 Å². The van der Waals surface area contributed by atoms with Crippen molar-refractivity contribution in [1.82, 2.24) is 9.78 Å². The Balaban J connectivity index is 1.97. The average molecular weight is 318 g/mol. The number of halogens is 3. The Morgan fingerprint density at radius 1 is 0.913 bits per heavy atom. The number of aromatic nitrogens is 2. The van der Waals surface area contributed by atoms with E-state index in [1.54, 1.807) is 24.1 Å². The molecule has 1 heterocycles. The molecule has 0 fully saturated rings. The van der Waals surface area contributed by atoms with Gasteiger partial charge in [0.25, 0.3) is 0 Å². The molecule has 0 amide bonds. The van der Waals surface area contributed by atoms with Gasteiger partial charge in [-0.3, -0.25) is 0 Å². The van der Waals surface area contributed by atoms with Crippen LogP contribution in [0.3, 0.4) is 0 Å². The fourth-order valence-corrected chi connectivity index (χ4v) is 2.28. The van der Waals surface area contributed by atoms with Crippen molar-refractivity contribution in [3.05, 3.63) is 66.4 Å². The molecule has 0 saturated carbocycles. The van der Waals surface area contributed by atoms with Gasteiger partial charge in [-0.1, -0.05) is 0 Å². The van der Waals surface area contributed by atoms with Gasteiger partial charge in [-0.05, 0) is 54.6 Å². The zero-order valence-corrected chi connectivity index (χ0v) is 12.2. The van der Waals surface area contributed by atoms with E-state index in [9.17, 15) is 13.2 Å². The number of alkyl halides is 3. The van der Waals surface area contributed by atoms with E-state index in [4.69, 9.17) is 4.74 Å². The summed E-state index contributed by atoms with van der Waals surface area (Å²) in [7, 11) is 1.58. The second kappa shape index (κ2) is 5.79. The van der Waals surface area contributed by atoms with E-state index in [0.717, 1.165) is 29.1 Å². The molecule has 3 rings (SSSR count). The van der Waals surface area contributed by atoms with Crippen LogP contribution in [0.4, 0.5) is 13.2 Å². The Bertz CT molecular complexity index is 790. The van der Waals surface area contributed by atoms with Gasteiger partial charge < -0.3 is 4.74 Å². The van der Waals surface area contributed by atoms with E-state index in [1.165, 1.54) is 12.1 Å². The Morgan fingerprint density at radius 2 is 1.57 bits per heavy atom. The number of benzene rings is 2. The Labute approximate surface area is 130 Å². The minimum Gasteiger partial charge on any atom is -0.497 e. The lowest BCUT2D eigenvalue weighted by molar-refractivity contribution is -0.137. The quantitative estimate of drug-likeness (QED) is 0.707. The molecule has 0 aliphatic heterocycles. The molecule has 1 aromatic heterocycles. The van der Waals surface area contributed by atoms with Gasteiger partial charge in [0.2, 0.25) is 0 Å². The van der Waals surface area contributed by atoms with Crippen LogP contribution in [0.1, 0.15) is 5.56 Å². The van der Waals surface area contributed by atoms with E-state index in [0.29, 0.717) is 5.69 Å². The predicted molar refractivity (Wildman–Crippen MR) is 80.6 cm³/mol. The van der Waals surface area contributed by atoms with Gasteiger partial charge in [0, 0.05) is 5.56 Å². The zero-order chi connectivity index (χ0) is 16.4. The van der Waals surface area contributed by atoms with Crippen molar-refractivity contribution in [2.45, 2.75) is 6.18 Å². The van der Waals surface area contributed by atoms with Crippen LogP contribution in [-0.4, -0.2) is 16.9 Å². The normalized spacial score (nSPS) is 11.5. The largest absolute Gasteiger partial charge is 0.497 e. The Morgan fingerprint density at radius 3 is 2.13 bits per heavy atom. The standard InChI is InChI=1S/C17H13F3N2O/c1-23-15-8-2-12(3-9-15)16-10-11-21-22(16)14-6-4-13(5-7-14)17(18,19)20/h2-11H,1H3. The van der Waals surface area contributed by atoms with Gasteiger partial charge in [0.15, 0.2) is 0 Å². The maximum absolute atomic E-state index is 12.6. The fraction of sp³-hybridized carbons (Fsp3) is 0.118. The molecule has 118 valence electrons. The molecule has 0 unspecified atom stereocenters. The van der Waals surface area contributed by atoms with Gasteiger partial charge in [-0.25, -0.2) is 4.68 Å². The van der Waals surface area contributed by atoms with E-state index in [-0.39, 0.29) is 0 Å². The molecule has 0 atom stereocenters. The van der Waals surface area contributed by atoms with Crippen molar-refractivity contribution in [2.75, 3.05) is 7.11 Å². The smallest absolute Gasteiger partial charge is 0.416 e. The Kier molecular flexibility index (Phi) is 3.82. The van der Waals surface area contributed by atoms with Crippen LogP contribution in [0.15, 0.2) is 60.8 Å². The highest BCUT2D eigenvalue weighted by molar-refractivity contribution is 5.62. The summed E-state index contributed by atoms with van der Waals surface area (Å²) in [5, 5.41) is 4.20. The van der Waals surface area contributed by atoms with Crippen molar-refractivity contribution in [3.63, 3.8) is 0 Å². The van der Waals surface area contributed by atoms with Gasteiger partial charge >= 0.3 is 6.18 Å². The van der Waals surface area contributed by atoms with Crippen LogP contribution >= 0.6 is 0 Å². The highest BCUT2D eigenvalue weighted by Crippen LogP contribution is 2.30. The maximum atomic E-state index is 12.6. The summed E-state index contributed by atoms with van der Waals surface area (Å²) >= 11 is 0. The summed E-state index contributed by atoms with van der Waals surface area (Å²) in [5.41, 5.74) is 1.56. The summed E-state index contributed by atoms with van der Waals surface area (Å²) in [5.74, 6) is 0.731. The first-order valence-electron chi connectivity index (χ1n) is 6.85. The number of ether oxygens (including phenoxy) is 1. The SMILES string of the molecule is COc1ccc(-c2ccnn2-c2ccc(C(F)(F)F)cc2)cc1. The van der Waals surface area contributed by atoms with Crippen LogP contribution in [-0.2, 0) is 6.18 Å². The van der Waals surface area contributed by atoms with Crippen molar-refractivity contribution >= 4 is 0 Å². The summed E-state index contributed by atoms with van der Waals surface area (Å²) < 4.78 is 44.6. The van der Waals surface area contributed by atoms with Crippen LogP contribution < -0.4 is 4.74 Å². The molecular weight excluding hydrogens is 305 g/mol. The highest BCUT2D eigenvalue weighted by atomic mass is 19.4. The van der Waals surface area contributed by atoms with Gasteiger partial charge in [-0.2, -0.15) is 18.3 Å². The average Bonchev–Trinajstić information content (AvgIpc) is 3.04. The lowest BCUT2D eigenvalue weighted by Crippen LogP contribution is -2.05. The monoisotopic (exact) mass is 318 g/mol. The van der Waals surface area contributed by atoms with Crippen LogP contribution in [0.5, 0.6) is 5.75 Å². The van der Waals surface area contributed by atoms with Crippen LogP contribution in [0, 0.1) is 0 Å². The molecule has 0 radical (unpaired) electrons. The van der Waals surface area contributed by atoms with Gasteiger partial charge in [-0.15, -0.1) is 0 Å². The molecule has 0 saturated heterocycles. The second-order valence-corrected chi connectivity index (χ2v) is 4.90. The number of nitrogens with zero attached hydrogens (tertiary/aromatic N) is 2. The third-order valence-corrected chi connectivity index (χ3v) is 3.47. The molecule has 0 aliphatic rings. The lowest BCUT2D eigenvalue weighted by Gasteiger charge is -2.10. The zero-order valence-electron chi connectivity index (χ0n) is 12.2. The third kappa shape index (κ3) is 3.06. The molecule has 0 bridgehead atoms. The molecule has 3 aromatic rings. The van der Waals surface area contributed by atoms with Gasteiger partial charge in [0.1, 0.15) is 5.75 Å². The minimum atomic E-state index is -4.35. The molecule has 0 spiro atoms. The van der Waals surface area contributed by atoms with E-state index in [1.807, 2.05) is 24.3 Å². The minimum absolute atomic E-state index is 0.564. The first-order chi connectivity index (χ1) is 11.0. The Hall–Kier alpha value is -2.76. The number of hydrogen-bond acceptors (Lipinski definition) is 2. The van der Waals surface area contributed by atoms with Crippen LogP contribution in [0.25, 0.3) is 16.9 Å². The fourth-order valence-electron chi connectivity index (χ4n) is 2.28. The number of methoxy groups -OCH3 is 1. The van der Waals surface area contributed by atoms with Crippen LogP contribution in [0.2, 0.25) is 0 Å². The van der Waals surface area contributed by atoms with E-state index in [2.05, 4.69) is 5.10 Å². The molecule has 0 N–H and O–H groups in total. The molecular formula is C17H13F3N2O. The summed E-state index contributed by atoms with van der Waals surface area (Å²) in [4.78, 5) is 0. The molecule has 23 heavy (non-hydrogen) atoms. The molecule has 0 aliphatic carbocycles. The first-order valence-corrected chi connectivity index (χ1v) is 6.85. The van der Waals surface area contributed by atoms with E-state index >= 15 is 0 Å². The van der Waals surface area contributed by atoms with Crippen molar-refractivity contribution in [3.8, 4) is 22.7 Å². The van der Waals surface area contributed by atoms with Crippen molar-refractivity contribution in [2.24, 2.45) is 0 Å². The third-order valence-electron chi connectivity index (χ3n) is 3.47. The molecule has 2 aromatic carbocycles. The first kappa shape index (κ1) is 15.1. The topological polar surface area (TPSA) is 27.1 Å². The van der Waals surface area contributed by atoms with Crippen molar-refractivity contribution in [1.29, 1.82) is 0 Å². The predicted octanol–water partition coefficient (Wildman–Crippen LogP) is 4.57. The van der Waals surface area contributed by atoms with Crippen molar-refractivity contribution < 1.29 is 17.9 Å². The maximum Gasteiger partial charge on any atom is 0.416 e. The second-order valence-electron chi connectivity index (χ2n) is 4.90. The molecule has 6 heteroatoms. The summed E-state index contributed by atoms with van der Waals surface area (Å²) in [6, 6.07) is 14.1.